The lowest BCUT2D eigenvalue weighted by Gasteiger charge is -2.37. The van der Waals surface area contributed by atoms with Crippen LogP contribution in [-0.4, -0.2) is 42.0 Å². The van der Waals surface area contributed by atoms with Gasteiger partial charge in [-0.2, -0.15) is 0 Å². The van der Waals surface area contributed by atoms with E-state index in [1.54, 1.807) is 0 Å². The molecule has 1 aromatic heterocycles. The van der Waals surface area contributed by atoms with E-state index in [4.69, 9.17) is 11.6 Å². The molecule has 5 heteroatoms. The van der Waals surface area contributed by atoms with Crippen LogP contribution in [0.3, 0.4) is 0 Å². The summed E-state index contributed by atoms with van der Waals surface area (Å²) in [4.78, 5) is 21.5. The van der Waals surface area contributed by atoms with E-state index in [0.717, 1.165) is 44.6 Å². The molecule has 0 radical (unpaired) electrons. The zero-order chi connectivity index (χ0) is 16.6. The molecule has 2 aliphatic rings. The van der Waals surface area contributed by atoms with Crippen LogP contribution in [0.1, 0.15) is 18.4 Å². The van der Waals surface area contributed by atoms with Gasteiger partial charge in [-0.3, -0.25) is 9.78 Å². The highest BCUT2D eigenvalue weighted by atomic mass is 35.5. The first-order chi connectivity index (χ1) is 11.7. The Bertz CT molecular complexity index is 737. The van der Waals surface area contributed by atoms with E-state index in [9.17, 15) is 4.79 Å². The van der Waals surface area contributed by atoms with E-state index in [0.29, 0.717) is 5.02 Å². The molecule has 1 aliphatic heterocycles. The fraction of sp³-hybridized carbons (Fsp3) is 0.368. The first-order valence-electron chi connectivity index (χ1n) is 8.39. The zero-order valence-electron chi connectivity index (χ0n) is 13.5. The van der Waals surface area contributed by atoms with E-state index in [2.05, 4.69) is 9.88 Å². The van der Waals surface area contributed by atoms with Crippen LogP contribution in [-0.2, 0) is 10.2 Å². The number of rotatable bonds is 3. The van der Waals surface area contributed by atoms with Crippen LogP contribution in [0, 0.1) is 0 Å². The van der Waals surface area contributed by atoms with Crippen molar-refractivity contribution in [1.29, 1.82) is 0 Å². The highest BCUT2D eigenvalue weighted by Crippen LogP contribution is 2.50. The molecule has 2 aromatic rings. The molecule has 0 N–H and O–H groups in total. The maximum Gasteiger partial charge on any atom is 0.233 e. The number of anilines is 1. The van der Waals surface area contributed by atoms with E-state index < -0.39 is 0 Å². The van der Waals surface area contributed by atoms with Crippen molar-refractivity contribution in [3.63, 3.8) is 0 Å². The third-order valence-corrected chi connectivity index (χ3v) is 5.37. The summed E-state index contributed by atoms with van der Waals surface area (Å²) in [5.41, 5.74) is 1.91. The number of nitrogens with zero attached hydrogens (tertiary/aromatic N) is 3. The summed E-state index contributed by atoms with van der Waals surface area (Å²) in [6, 6.07) is 11.8. The Labute approximate surface area is 147 Å². The van der Waals surface area contributed by atoms with Crippen molar-refractivity contribution in [3.8, 4) is 0 Å². The highest BCUT2D eigenvalue weighted by molar-refractivity contribution is 6.30. The second-order valence-electron chi connectivity index (χ2n) is 6.58. The van der Waals surface area contributed by atoms with Gasteiger partial charge in [-0.05, 0) is 42.7 Å². The standard InChI is InChI=1S/C19H20ClN3O/c20-16-3-1-2-15(14-16)19(6-7-19)18(24)23-12-10-22(11-13-23)17-4-8-21-9-5-17/h1-5,8-9,14H,6-7,10-13H2. The number of amides is 1. The van der Waals surface area contributed by atoms with Gasteiger partial charge in [0.15, 0.2) is 0 Å². The van der Waals surface area contributed by atoms with E-state index in [1.807, 2.05) is 53.7 Å². The van der Waals surface area contributed by atoms with Gasteiger partial charge >= 0.3 is 0 Å². The first-order valence-corrected chi connectivity index (χ1v) is 8.77. The van der Waals surface area contributed by atoms with Gasteiger partial charge in [0.2, 0.25) is 5.91 Å². The van der Waals surface area contributed by atoms with Crippen molar-refractivity contribution in [1.82, 2.24) is 9.88 Å². The van der Waals surface area contributed by atoms with Crippen LogP contribution in [0.5, 0.6) is 0 Å². The summed E-state index contributed by atoms with van der Waals surface area (Å²) < 4.78 is 0. The van der Waals surface area contributed by atoms with E-state index in [-0.39, 0.29) is 11.3 Å². The predicted octanol–water partition coefficient (Wildman–Crippen LogP) is 3.12. The molecular formula is C19H20ClN3O. The van der Waals surface area contributed by atoms with Crippen LogP contribution < -0.4 is 4.90 Å². The summed E-state index contributed by atoms with van der Waals surface area (Å²) in [5, 5.41) is 0.703. The lowest BCUT2D eigenvalue weighted by molar-refractivity contribution is -0.134. The van der Waals surface area contributed by atoms with Crippen molar-refractivity contribution >= 4 is 23.2 Å². The van der Waals surface area contributed by atoms with Crippen LogP contribution >= 0.6 is 11.6 Å². The van der Waals surface area contributed by atoms with Crippen LogP contribution in [0.4, 0.5) is 5.69 Å². The molecule has 2 heterocycles. The smallest absolute Gasteiger partial charge is 0.233 e. The molecule has 0 unspecified atom stereocenters. The van der Waals surface area contributed by atoms with Gasteiger partial charge in [0, 0.05) is 49.3 Å². The molecule has 1 saturated heterocycles. The lowest BCUT2D eigenvalue weighted by atomic mass is 9.94. The SMILES string of the molecule is O=C(N1CCN(c2ccncc2)CC1)C1(c2cccc(Cl)c2)CC1. The second kappa shape index (κ2) is 6.10. The van der Waals surface area contributed by atoms with Gasteiger partial charge in [0.1, 0.15) is 0 Å². The fourth-order valence-electron chi connectivity index (χ4n) is 3.56. The maximum atomic E-state index is 13.1. The molecular weight excluding hydrogens is 322 g/mol. The Morgan fingerprint density at radius 3 is 2.38 bits per heavy atom. The Balaban J connectivity index is 1.45. The Hall–Kier alpha value is -2.07. The average molecular weight is 342 g/mol. The normalized spacial score (nSPS) is 19.2. The molecule has 1 amide bonds. The van der Waals surface area contributed by atoms with Gasteiger partial charge < -0.3 is 9.80 Å². The number of piperazine rings is 1. The minimum absolute atomic E-state index is 0.263. The van der Waals surface area contributed by atoms with Crippen LogP contribution in [0.15, 0.2) is 48.8 Å². The molecule has 4 nitrogen and oxygen atoms in total. The lowest BCUT2D eigenvalue weighted by Crippen LogP contribution is -2.51. The number of hydrogen-bond donors (Lipinski definition) is 0. The number of aromatic nitrogens is 1. The summed E-state index contributed by atoms with van der Waals surface area (Å²) in [6.45, 7) is 3.26. The van der Waals surface area contributed by atoms with Crippen LogP contribution in [0.25, 0.3) is 0 Å². The Morgan fingerprint density at radius 1 is 1.04 bits per heavy atom. The molecule has 1 aliphatic carbocycles. The summed E-state index contributed by atoms with van der Waals surface area (Å²) in [6.07, 6.45) is 5.48. The first kappa shape index (κ1) is 15.5. The predicted molar refractivity (Wildman–Crippen MR) is 95.4 cm³/mol. The minimum Gasteiger partial charge on any atom is -0.368 e. The van der Waals surface area contributed by atoms with E-state index in [1.165, 1.54) is 5.69 Å². The number of pyridine rings is 1. The minimum atomic E-state index is -0.330. The maximum absolute atomic E-state index is 13.1. The number of carbonyl (C=O) groups is 1. The van der Waals surface area contributed by atoms with Crippen molar-refractivity contribution in [2.45, 2.75) is 18.3 Å². The number of benzene rings is 1. The zero-order valence-corrected chi connectivity index (χ0v) is 14.2. The third-order valence-electron chi connectivity index (χ3n) is 5.13. The Kier molecular flexibility index (Phi) is 3.93. The summed E-state index contributed by atoms with van der Waals surface area (Å²) in [5.74, 6) is 0.263. The Morgan fingerprint density at radius 2 is 1.75 bits per heavy atom. The molecule has 2 fully saturated rings. The summed E-state index contributed by atoms with van der Waals surface area (Å²) >= 11 is 6.12. The van der Waals surface area contributed by atoms with Crippen molar-refractivity contribution < 1.29 is 4.79 Å². The molecule has 124 valence electrons. The molecule has 0 spiro atoms. The summed E-state index contributed by atoms with van der Waals surface area (Å²) in [7, 11) is 0. The molecule has 4 rings (SSSR count). The molecule has 24 heavy (non-hydrogen) atoms. The van der Waals surface area contributed by atoms with Crippen molar-refractivity contribution in [3.05, 3.63) is 59.4 Å². The number of hydrogen-bond acceptors (Lipinski definition) is 3. The number of halogens is 1. The molecule has 0 atom stereocenters. The average Bonchev–Trinajstić information content (AvgIpc) is 3.44. The quantitative estimate of drug-likeness (QED) is 0.860. The van der Waals surface area contributed by atoms with Gasteiger partial charge in [-0.25, -0.2) is 0 Å². The number of carbonyl (C=O) groups excluding carboxylic acids is 1. The monoisotopic (exact) mass is 341 g/mol. The highest BCUT2D eigenvalue weighted by Gasteiger charge is 2.53. The fourth-order valence-corrected chi connectivity index (χ4v) is 3.75. The van der Waals surface area contributed by atoms with Crippen molar-refractivity contribution in [2.24, 2.45) is 0 Å². The van der Waals surface area contributed by atoms with Gasteiger partial charge in [0.05, 0.1) is 5.41 Å². The third kappa shape index (κ3) is 2.75. The second-order valence-corrected chi connectivity index (χ2v) is 7.01. The van der Waals surface area contributed by atoms with Gasteiger partial charge in [0.25, 0.3) is 0 Å². The largest absolute Gasteiger partial charge is 0.368 e. The van der Waals surface area contributed by atoms with Gasteiger partial charge in [-0.15, -0.1) is 0 Å². The van der Waals surface area contributed by atoms with E-state index >= 15 is 0 Å². The molecule has 1 saturated carbocycles. The topological polar surface area (TPSA) is 36.4 Å². The molecule has 1 aromatic carbocycles. The van der Waals surface area contributed by atoms with Crippen LogP contribution in [0.2, 0.25) is 5.02 Å². The van der Waals surface area contributed by atoms with Gasteiger partial charge in [-0.1, -0.05) is 23.7 Å². The van der Waals surface area contributed by atoms with Crippen molar-refractivity contribution in [2.75, 3.05) is 31.1 Å². The molecule has 0 bridgehead atoms.